The van der Waals surface area contributed by atoms with Crippen LogP contribution in [0, 0.1) is 0 Å². The molecule has 1 fully saturated rings. The number of nitrogens with two attached hydrogens (primary N) is 2. The van der Waals surface area contributed by atoms with Gasteiger partial charge in [-0.15, -0.1) is 0 Å². The SMILES string of the molecule is COc1cc(N)c(/C(=C\N)c2ccc(N3CCN(C)C(=O)C3)nc2)cc1OC. The Bertz CT molecular complexity index is 895. The lowest BCUT2D eigenvalue weighted by Crippen LogP contribution is -2.48. The summed E-state index contributed by atoms with van der Waals surface area (Å²) < 4.78 is 10.7. The summed E-state index contributed by atoms with van der Waals surface area (Å²) in [5.74, 6) is 1.94. The number of nitrogen functional groups attached to an aromatic ring is 1. The molecule has 0 saturated carbocycles. The maximum Gasteiger partial charge on any atom is 0.241 e. The van der Waals surface area contributed by atoms with Crippen molar-refractivity contribution >= 4 is 23.0 Å². The monoisotopic (exact) mass is 383 g/mol. The van der Waals surface area contributed by atoms with Crippen LogP contribution in [0.1, 0.15) is 11.1 Å². The molecule has 1 aromatic heterocycles. The standard InChI is InChI=1S/C20H25N5O3/c1-24-6-7-25(12-20(24)26)19-5-4-13(11-23-19)15(10-21)14-8-17(27-2)18(28-3)9-16(14)22/h4-5,8-11H,6-7,12,21-22H2,1-3H3/b15-10-. The highest BCUT2D eigenvalue weighted by molar-refractivity contribution is 5.87. The Hall–Kier alpha value is -3.42. The van der Waals surface area contributed by atoms with Gasteiger partial charge in [0.1, 0.15) is 5.82 Å². The number of rotatable bonds is 5. The topological polar surface area (TPSA) is 107 Å². The molecule has 1 saturated heterocycles. The number of hydrogen-bond donors (Lipinski definition) is 2. The number of hydrogen-bond acceptors (Lipinski definition) is 7. The molecule has 148 valence electrons. The largest absolute Gasteiger partial charge is 0.493 e. The fraction of sp³-hybridized carbons (Fsp3) is 0.300. The minimum absolute atomic E-state index is 0.0813. The fourth-order valence-corrected chi connectivity index (χ4v) is 3.16. The van der Waals surface area contributed by atoms with Crippen molar-refractivity contribution < 1.29 is 14.3 Å². The highest BCUT2D eigenvalue weighted by Gasteiger charge is 2.22. The molecular formula is C20H25N5O3. The molecule has 0 spiro atoms. The molecule has 8 nitrogen and oxygen atoms in total. The Morgan fingerprint density at radius 1 is 1.18 bits per heavy atom. The zero-order chi connectivity index (χ0) is 20.3. The number of carbonyl (C=O) groups excluding carboxylic acids is 1. The van der Waals surface area contributed by atoms with E-state index >= 15 is 0 Å². The highest BCUT2D eigenvalue weighted by atomic mass is 16.5. The zero-order valence-corrected chi connectivity index (χ0v) is 16.3. The van der Waals surface area contributed by atoms with Crippen molar-refractivity contribution in [1.82, 2.24) is 9.88 Å². The molecule has 0 radical (unpaired) electrons. The Balaban J connectivity index is 1.89. The molecule has 8 heteroatoms. The van der Waals surface area contributed by atoms with Gasteiger partial charge in [0.15, 0.2) is 11.5 Å². The first-order valence-corrected chi connectivity index (χ1v) is 8.87. The van der Waals surface area contributed by atoms with Crippen LogP contribution in [0.25, 0.3) is 5.57 Å². The second-order valence-corrected chi connectivity index (χ2v) is 6.52. The Morgan fingerprint density at radius 3 is 2.46 bits per heavy atom. The predicted octanol–water partition coefficient (Wildman–Crippen LogP) is 1.31. The van der Waals surface area contributed by atoms with Gasteiger partial charge < -0.3 is 30.7 Å². The number of methoxy groups -OCH3 is 2. The van der Waals surface area contributed by atoms with E-state index in [2.05, 4.69) is 4.98 Å². The second-order valence-electron chi connectivity index (χ2n) is 6.52. The van der Waals surface area contributed by atoms with Crippen molar-refractivity contribution in [2.24, 2.45) is 5.73 Å². The predicted molar refractivity (Wildman–Crippen MR) is 109 cm³/mol. The number of benzene rings is 1. The number of piperazine rings is 1. The lowest BCUT2D eigenvalue weighted by Gasteiger charge is -2.32. The molecule has 0 bridgehead atoms. The molecule has 3 rings (SSSR count). The van der Waals surface area contributed by atoms with Gasteiger partial charge in [0.2, 0.25) is 5.91 Å². The average molecular weight is 383 g/mol. The van der Waals surface area contributed by atoms with E-state index in [9.17, 15) is 4.79 Å². The van der Waals surface area contributed by atoms with Crippen LogP contribution in [-0.4, -0.2) is 56.7 Å². The van der Waals surface area contributed by atoms with E-state index in [-0.39, 0.29) is 5.91 Å². The van der Waals surface area contributed by atoms with Crippen molar-refractivity contribution in [3.05, 3.63) is 47.8 Å². The van der Waals surface area contributed by atoms with Gasteiger partial charge in [0.25, 0.3) is 0 Å². The van der Waals surface area contributed by atoms with E-state index in [1.165, 1.54) is 6.20 Å². The van der Waals surface area contributed by atoms with Gasteiger partial charge in [0, 0.05) is 61.0 Å². The van der Waals surface area contributed by atoms with Crippen molar-refractivity contribution in [2.75, 3.05) is 51.5 Å². The number of nitrogens with zero attached hydrogens (tertiary/aromatic N) is 3. The van der Waals surface area contributed by atoms with E-state index < -0.39 is 0 Å². The van der Waals surface area contributed by atoms with Gasteiger partial charge in [-0.2, -0.15) is 0 Å². The highest BCUT2D eigenvalue weighted by Crippen LogP contribution is 2.37. The number of ether oxygens (including phenoxy) is 2. The van der Waals surface area contributed by atoms with Gasteiger partial charge in [-0.25, -0.2) is 4.98 Å². The number of pyridine rings is 1. The number of carbonyl (C=O) groups is 1. The third-order valence-electron chi connectivity index (χ3n) is 4.85. The number of anilines is 2. The van der Waals surface area contributed by atoms with Crippen LogP contribution in [0.15, 0.2) is 36.7 Å². The summed E-state index contributed by atoms with van der Waals surface area (Å²) in [6.45, 7) is 1.75. The van der Waals surface area contributed by atoms with E-state index in [4.69, 9.17) is 20.9 Å². The molecule has 1 aliphatic heterocycles. The van der Waals surface area contributed by atoms with Crippen molar-refractivity contribution in [1.29, 1.82) is 0 Å². The maximum absolute atomic E-state index is 11.9. The fourth-order valence-electron chi connectivity index (χ4n) is 3.16. The Morgan fingerprint density at radius 2 is 1.89 bits per heavy atom. The maximum atomic E-state index is 11.9. The molecular weight excluding hydrogens is 358 g/mol. The first-order chi connectivity index (χ1) is 13.5. The summed E-state index contributed by atoms with van der Waals surface area (Å²) in [6, 6.07) is 7.30. The van der Waals surface area contributed by atoms with Crippen LogP contribution in [-0.2, 0) is 4.79 Å². The van der Waals surface area contributed by atoms with Gasteiger partial charge in [-0.05, 0) is 18.2 Å². The number of likely N-dealkylation sites (N-methyl/N-ethyl adjacent to an activating group) is 1. The minimum Gasteiger partial charge on any atom is -0.493 e. The quantitative estimate of drug-likeness (QED) is 0.750. The van der Waals surface area contributed by atoms with Crippen LogP contribution in [0.4, 0.5) is 11.5 Å². The molecule has 0 unspecified atom stereocenters. The normalized spacial score (nSPS) is 15.0. The zero-order valence-electron chi connectivity index (χ0n) is 16.3. The van der Waals surface area contributed by atoms with Gasteiger partial charge >= 0.3 is 0 Å². The molecule has 4 N–H and O–H groups in total. The van der Waals surface area contributed by atoms with E-state index in [1.807, 2.05) is 24.1 Å². The first-order valence-electron chi connectivity index (χ1n) is 8.87. The van der Waals surface area contributed by atoms with Gasteiger partial charge in [0.05, 0.1) is 20.8 Å². The summed E-state index contributed by atoms with van der Waals surface area (Å²) >= 11 is 0. The van der Waals surface area contributed by atoms with Crippen molar-refractivity contribution in [3.8, 4) is 11.5 Å². The summed E-state index contributed by atoms with van der Waals surface area (Å²) in [5.41, 5.74) is 14.9. The smallest absolute Gasteiger partial charge is 0.241 e. The van der Waals surface area contributed by atoms with Crippen LogP contribution in [0.5, 0.6) is 11.5 Å². The Kier molecular flexibility index (Phi) is 5.58. The average Bonchev–Trinajstić information content (AvgIpc) is 2.72. The molecule has 1 aromatic carbocycles. The molecule has 1 aliphatic rings. The van der Waals surface area contributed by atoms with Crippen LogP contribution in [0.3, 0.4) is 0 Å². The molecule has 1 amide bonds. The molecule has 2 aromatic rings. The van der Waals surface area contributed by atoms with Crippen LogP contribution >= 0.6 is 0 Å². The lowest BCUT2D eigenvalue weighted by atomic mass is 9.98. The van der Waals surface area contributed by atoms with E-state index in [0.29, 0.717) is 30.3 Å². The molecule has 0 atom stereocenters. The molecule has 2 heterocycles. The minimum atomic E-state index is 0.0813. The third kappa shape index (κ3) is 3.66. The van der Waals surface area contributed by atoms with Crippen molar-refractivity contribution in [3.63, 3.8) is 0 Å². The number of amides is 1. The number of aromatic nitrogens is 1. The van der Waals surface area contributed by atoms with Gasteiger partial charge in [-0.3, -0.25) is 4.79 Å². The van der Waals surface area contributed by atoms with E-state index in [0.717, 1.165) is 29.1 Å². The molecule has 28 heavy (non-hydrogen) atoms. The lowest BCUT2D eigenvalue weighted by molar-refractivity contribution is -0.129. The second kappa shape index (κ2) is 8.08. The van der Waals surface area contributed by atoms with E-state index in [1.54, 1.807) is 37.4 Å². The van der Waals surface area contributed by atoms with Crippen LogP contribution < -0.4 is 25.8 Å². The molecule has 0 aliphatic carbocycles. The van der Waals surface area contributed by atoms with Gasteiger partial charge in [-0.1, -0.05) is 0 Å². The summed E-state index contributed by atoms with van der Waals surface area (Å²) in [5, 5.41) is 0. The van der Waals surface area contributed by atoms with Crippen molar-refractivity contribution in [2.45, 2.75) is 0 Å². The first kappa shape index (κ1) is 19.3. The summed E-state index contributed by atoms with van der Waals surface area (Å²) in [4.78, 5) is 20.1. The van der Waals surface area contributed by atoms with Crippen LogP contribution in [0.2, 0.25) is 0 Å². The summed E-state index contributed by atoms with van der Waals surface area (Å²) in [7, 11) is 4.93. The summed E-state index contributed by atoms with van der Waals surface area (Å²) in [6.07, 6.45) is 3.22. The Labute approximate surface area is 164 Å². The third-order valence-corrected chi connectivity index (χ3v) is 4.85.